The zero-order chi connectivity index (χ0) is 10.4. The van der Waals surface area contributed by atoms with Gasteiger partial charge in [-0.25, -0.2) is 0 Å². The molecule has 1 rings (SSSR count). The summed E-state index contributed by atoms with van der Waals surface area (Å²) in [7, 11) is 5.87. The van der Waals surface area contributed by atoms with Crippen LogP contribution in [0.1, 0.15) is 4.88 Å². The summed E-state index contributed by atoms with van der Waals surface area (Å²) in [6, 6.07) is 2.01. The minimum absolute atomic E-state index is 0.898. The van der Waals surface area contributed by atoms with Gasteiger partial charge in [-0.1, -0.05) is 0 Å². The first kappa shape index (κ1) is 11.5. The smallest absolute Gasteiger partial charge is 0.134 e. The molecule has 0 aliphatic carbocycles. The summed E-state index contributed by atoms with van der Waals surface area (Å²) in [4.78, 5) is 3.44. The van der Waals surface area contributed by atoms with Crippen molar-refractivity contribution >= 4 is 11.3 Å². The molecule has 0 atom stereocenters. The monoisotopic (exact) mass is 214 g/mol. The van der Waals surface area contributed by atoms with Crippen LogP contribution in [0.15, 0.2) is 11.4 Å². The second kappa shape index (κ2) is 6.01. The van der Waals surface area contributed by atoms with Crippen LogP contribution >= 0.6 is 11.3 Å². The topological polar surface area (TPSA) is 24.5 Å². The number of rotatable bonds is 6. The molecule has 0 spiro atoms. The van der Waals surface area contributed by atoms with E-state index in [0.29, 0.717) is 0 Å². The molecule has 0 aromatic carbocycles. The maximum Gasteiger partial charge on any atom is 0.134 e. The highest BCUT2D eigenvalue weighted by Gasteiger charge is 2.02. The highest BCUT2D eigenvalue weighted by Crippen LogP contribution is 2.23. The average Bonchev–Trinajstić information content (AvgIpc) is 2.59. The number of hydrogen-bond acceptors (Lipinski definition) is 4. The Morgan fingerprint density at radius 3 is 2.93 bits per heavy atom. The lowest BCUT2D eigenvalue weighted by Crippen LogP contribution is -2.26. The van der Waals surface area contributed by atoms with Gasteiger partial charge in [-0.15, -0.1) is 11.3 Å². The maximum absolute atomic E-state index is 5.22. The van der Waals surface area contributed by atoms with Crippen molar-refractivity contribution in [3.8, 4) is 5.75 Å². The van der Waals surface area contributed by atoms with Gasteiger partial charge in [0.15, 0.2) is 0 Å². The van der Waals surface area contributed by atoms with E-state index in [4.69, 9.17) is 4.74 Å². The summed E-state index contributed by atoms with van der Waals surface area (Å²) >= 11 is 1.73. The van der Waals surface area contributed by atoms with E-state index in [9.17, 15) is 0 Å². The third-order valence-corrected chi connectivity index (χ3v) is 2.85. The Morgan fingerprint density at radius 2 is 2.29 bits per heavy atom. The summed E-state index contributed by atoms with van der Waals surface area (Å²) < 4.78 is 5.22. The molecular formula is C10H18N2OS. The van der Waals surface area contributed by atoms with Gasteiger partial charge in [0.25, 0.3) is 0 Å². The molecule has 3 nitrogen and oxygen atoms in total. The third-order valence-electron chi connectivity index (χ3n) is 1.95. The van der Waals surface area contributed by atoms with Gasteiger partial charge in [0.2, 0.25) is 0 Å². The first-order chi connectivity index (χ1) is 6.74. The van der Waals surface area contributed by atoms with Crippen LogP contribution in [0.3, 0.4) is 0 Å². The van der Waals surface area contributed by atoms with Crippen molar-refractivity contribution in [3.63, 3.8) is 0 Å². The fourth-order valence-electron chi connectivity index (χ4n) is 1.14. The summed E-state index contributed by atoms with van der Waals surface area (Å²) in [5.74, 6) is 0.993. The van der Waals surface area contributed by atoms with Crippen LogP contribution in [0.5, 0.6) is 5.75 Å². The lowest BCUT2D eigenvalue weighted by atomic mass is 10.4. The summed E-state index contributed by atoms with van der Waals surface area (Å²) in [5.41, 5.74) is 0. The number of nitrogens with one attached hydrogen (secondary N) is 1. The van der Waals surface area contributed by atoms with Gasteiger partial charge in [-0.05, 0) is 25.5 Å². The van der Waals surface area contributed by atoms with Crippen LogP contribution in [-0.4, -0.2) is 39.2 Å². The number of likely N-dealkylation sites (N-methyl/N-ethyl adjacent to an activating group) is 1. The van der Waals surface area contributed by atoms with Gasteiger partial charge in [0, 0.05) is 19.6 Å². The second-order valence-electron chi connectivity index (χ2n) is 3.39. The standard InChI is InChI=1S/C10H18N2OS/c1-12(2)6-5-11-8-10-9(13-3)4-7-14-10/h4,7,11H,5-6,8H2,1-3H3. The lowest BCUT2D eigenvalue weighted by molar-refractivity contribution is 0.394. The molecule has 0 fully saturated rings. The second-order valence-corrected chi connectivity index (χ2v) is 4.39. The van der Waals surface area contributed by atoms with E-state index in [-0.39, 0.29) is 0 Å². The SMILES string of the molecule is COc1ccsc1CNCCN(C)C. The molecule has 0 saturated carbocycles. The first-order valence-corrected chi connectivity index (χ1v) is 5.58. The molecule has 1 N–H and O–H groups in total. The van der Waals surface area contributed by atoms with Crippen LogP contribution in [0, 0.1) is 0 Å². The molecule has 0 saturated heterocycles. The zero-order valence-corrected chi connectivity index (χ0v) is 9.86. The molecule has 0 aliphatic heterocycles. The van der Waals surface area contributed by atoms with Crippen molar-refractivity contribution in [2.75, 3.05) is 34.3 Å². The number of hydrogen-bond donors (Lipinski definition) is 1. The average molecular weight is 214 g/mol. The molecule has 0 amide bonds. The quantitative estimate of drug-likeness (QED) is 0.725. The van der Waals surface area contributed by atoms with Crippen molar-refractivity contribution in [3.05, 3.63) is 16.3 Å². The molecule has 0 unspecified atom stereocenters. The van der Waals surface area contributed by atoms with Gasteiger partial charge < -0.3 is 15.0 Å². The summed E-state index contributed by atoms with van der Waals surface area (Å²) in [5, 5.41) is 5.44. The van der Waals surface area contributed by atoms with Crippen LogP contribution in [0.4, 0.5) is 0 Å². The fraction of sp³-hybridized carbons (Fsp3) is 0.600. The minimum Gasteiger partial charge on any atom is -0.496 e. The van der Waals surface area contributed by atoms with Crippen LogP contribution in [0.25, 0.3) is 0 Å². The molecular weight excluding hydrogens is 196 g/mol. The van der Waals surface area contributed by atoms with E-state index >= 15 is 0 Å². The highest BCUT2D eigenvalue weighted by molar-refractivity contribution is 7.10. The first-order valence-electron chi connectivity index (χ1n) is 4.70. The van der Waals surface area contributed by atoms with Crippen LogP contribution in [-0.2, 0) is 6.54 Å². The highest BCUT2D eigenvalue weighted by atomic mass is 32.1. The van der Waals surface area contributed by atoms with E-state index < -0.39 is 0 Å². The van der Waals surface area contributed by atoms with E-state index in [1.807, 2.05) is 6.07 Å². The molecule has 0 aliphatic rings. The fourth-order valence-corrected chi connectivity index (χ4v) is 1.95. The largest absolute Gasteiger partial charge is 0.496 e. The number of thiophene rings is 1. The van der Waals surface area contributed by atoms with Gasteiger partial charge in [-0.3, -0.25) is 0 Å². The van der Waals surface area contributed by atoms with Gasteiger partial charge >= 0.3 is 0 Å². The normalized spacial score (nSPS) is 10.9. The van der Waals surface area contributed by atoms with E-state index in [1.54, 1.807) is 18.4 Å². The maximum atomic E-state index is 5.22. The van der Waals surface area contributed by atoms with E-state index in [2.05, 4.69) is 29.7 Å². The molecule has 1 aromatic heterocycles. The molecule has 14 heavy (non-hydrogen) atoms. The Labute approximate surface area is 89.7 Å². The summed E-state index contributed by atoms with van der Waals surface area (Å²) in [6.07, 6.45) is 0. The van der Waals surface area contributed by atoms with Crippen molar-refractivity contribution in [1.82, 2.24) is 10.2 Å². The Bertz CT molecular complexity index is 260. The number of methoxy groups -OCH3 is 1. The molecule has 0 bridgehead atoms. The third kappa shape index (κ3) is 3.65. The van der Waals surface area contributed by atoms with Gasteiger partial charge in [-0.2, -0.15) is 0 Å². The molecule has 1 heterocycles. The molecule has 4 heteroatoms. The summed E-state index contributed by atoms with van der Waals surface area (Å²) in [6.45, 7) is 2.97. The van der Waals surface area contributed by atoms with Crippen molar-refractivity contribution in [2.45, 2.75) is 6.54 Å². The Hall–Kier alpha value is -0.580. The van der Waals surface area contributed by atoms with Crippen LogP contribution < -0.4 is 10.1 Å². The van der Waals surface area contributed by atoms with E-state index in [1.165, 1.54) is 4.88 Å². The van der Waals surface area contributed by atoms with Gasteiger partial charge in [0.1, 0.15) is 5.75 Å². The Balaban J connectivity index is 2.24. The van der Waals surface area contributed by atoms with Gasteiger partial charge in [0.05, 0.1) is 12.0 Å². The number of ether oxygens (including phenoxy) is 1. The lowest BCUT2D eigenvalue weighted by Gasteiger charge is -2.10. The Kier molecular flexibility index (Phi) is 4.93. The van der Waals surface area contributed by atoms with Crippen molar-refractivity contribution < 1.29 is 4.74 Å². The van der Waals surface area contributed by atoms with Crippen molar-refractivity contribution in [1.29, 1.82) is 0 Å². The molecule has 0 radical (unpaired) electrons. The Morgan fingerprint density at radius 1 is 1.50 bits per heavy atom. The zero-order valence-electron chi connectivity index (χ0n) is 9.04. The van der Waals surface area contributed by atoms with Crippen molar-refractivity contribution in [2.24, 2.45) is 0 Å². The minimum atomic E-state index is 0.898. The predicted octanol–water partition coefficient (Wildman–Crippen LogP) is 1.41. The predicted molar refractivity (Wildman–Crippen MR) is 61.1 cm³/mol. The van der Waals surface area contributed by atoms with Crippen LogP contribution in [0.2, 0.25) is 0 Å². The number of nitrogens with zero attached hydrogens (tertiary/aromatic N) is 1. The molecule has 1 aromatic rings. The molecule has 80 valence electrons. The van der Waals surface area contributed by atoms with E-state index in [0.717, 1.165) is 25.4 Å².